The average molecular weight is 264 g/mol. The summed E-state index contributed by atoms with van der Waals surface area (Å²) in [6, 6.07) is 7.51. The smallest absolute Gasteiger partial charge is 0.317 e. The molecule has 1 unspecified atom stereocenters. The Hall–Kier alpha value is -1.59. The van der Waals surface area contributed by atoms with Crippen LogP contribution in [0.25, 0.3) is 0 Å². The molecular weight excluding hydrogens is 244 g/mol. The average Bonchev–Trinajstić information content (AvgIpc) is 2.45. The van der Waals surface area contributed by atoms with E-state index in [9.17, 15) is 9.90 Å². The van der Waals surface area contributed by atoms with E-state index in [-0.39, 0.29) is 12.6 Å². The van der Waals surface area contributed by atoms with Crippen LogP contribution in [-0.4, -0.2) is 48.9 Å². The first-order valence-electron chi connectivity index (χ1n) is 6.52. The summed E-state index contributed by atoms with van der Waals surface area (Å²) in [5.41, 5.74) is 1.92. The molecule has 1 atom stereocenters. The Balaban J connectivity index is 1.82. The topological polar surface area (TPSA) is 61.8 Å². The molecule has 0 spiro atoms. The van der Waals surface area contributed by atoms with Crippen molar-refractivity contribution >= 4 is 6.03 Å². The summed E-state index contributed by atoms with van der Waals surface area (Å²) in [5, 5.41) is 12.8. The fraction of sp³-hybridized carbons (Fsp3) is 0.500. The molecule has 1 aromatic carbocycles. The summed E-state index contributed by atoms with van der Waals surface area (Å²) in [6.45, 7) is 4.56. The number of carbonyl (C=O) groups is 1. The maximum atomic E-state index is 11.8. The lowest BCUT2D eigenvalue weighted by Gasteiger charge is -2.27. The van der Waals surface area contributed by atoms with Crippen molar-refractivity contribution in [1.82, 2.24) is 10.2 Å². The summed E-state index contributed by atoms with van der Waals surface area (Å²) in [7, 11) is 0. The lowest BCUT2D eigenvalue weighted by molar-refractivity contribution is 0.0521. The van der Waals surface area contributed by atoms with Crippen molar-refractivity contribution in [2.45, 2.75) is 13.0 Å². The first kappa shape index (κ1) is 13.8. The number of benzene rings is 1. The molecule has 5 heteroatoms. The number of aliphatic hydroxyl groups is 1. The molecule has 2 rings (SSSR count). The number of urea groups is 1. The third-order valence-corrected chi connectivity index (χ3v) is 3.17. The van der Waals surface area contributed by atoms with E-state index in [1.54, 1.807) is 4.90 Å². The number of hydrogen-bond acceptors (Lipinski definition) is 3. The van der Waals surface area contributed by atoms with Crippen LogP contribution in [0.3, 0.4) is 0 Å². The van der Waals surface area contributed by atoms with E-state index in [0.29, 0.717) is 26.3 Å². The highest BCUT2D eigenvalue weighted by atomic mass is 16.5. The van der Waals surface area contributed by atoms with Gasteiger partial charge in [0, 0.05) is 19.6 Å². The van der Waals surface area contributed by atoms with Gasteiger partial charge >= 0.3 is 6.03 Å². The molecule has 5 nitrogen and oxygen atoms in total. The molecule has 1 saturated heterocycles. The molecule has 0 aliphatic carbocycles. The van der Waals surface area contributed by atoms with Gasteiger partial charge in [-0.3, -0.25) is 0 Å². The minimum Gasteiger partial charge on any atom is -0.387 e. The van der Waals surface area contributed by atoms with Gasteiger partial charge in [-0.15, -0.1) is 0 Å². The van der Waals surface area contributed by atoms with Crippen molar-refractivity contribution in [2.24, 2.45) is 0 Å². The maximum absolute atomic E-state index is 11.8. The van der Waals surface area contributed by atoms with E-state index in [1.807, 2.05) is 31.2 Å². The Kier molecular flexibility index (Phi) is 4.76. The van der Waals surface area contributed by atoms with Gasteiger partial charge in [-0.1, -0.05) is 29.8 Å². The summed E-state index contributed by atoms with van der Waals surface area (Å²) >= 11 is 0. The molecule has 2 amide bonds. The highest BCUT2D eigenvalue weighted by Gasteiger charge is 2.17. The molecule has 0 saturated carbocycles. The van der Waals surface area contributed by atoms with Crippen molar-refractivity contribution in [3.63, 3.8) is 0 Å². The van der Waals surface area contributed by atoms with Crippen molar-refractivity contribution < 1.29 is 14.6 Å². The fourth-order valence-corrected chi connectivity index (χ4v) is 2.06. The number of carbonyl (C=O) groups excluding carboxylic acids is 1. The molecular formula is C14H20N2O3. The fourth-order valence-electron chi connectivity index (χ4n) is 2.06. The summed E-state index contributed by atoms with van der Waals surface area (Å²) in [4.78, 5) is 13.5. The van der Waals surface area contributed by atoms with Crippen LogP contribution in [0, 0.1) is 6.92 Å². The predicted octanol–water partition coefficient (Wildman–Crippen LogP) is 1.07. The van der Waals surface area contributed by atoms with Gasteiger partial charge < -0.3 is 20.1 Å². The number of nitrogens with zero attached hydrogens (tertiary/aromatic N) is 1. The first-order chi connectivity index (χ1) is 9.16. The minimum absolute atomic E-state index is 0.144. The van der Waals surface area contributed by atoms with Crippen LogP contribution in [0.5, 0.6) is 0 Å². The van der Waals surface area contributed by atoms with Crippen LogP contribution in [0.1, 0.15) is 17.2 Å². The van der Waals surface area contributed by atoms with Crippen LogP contribution < -0.4 is 5.32 Å². The largest absolute Gasteiger partial charge is 0.387 e. The molecule has 19 heavy (non-hydrogen) atoms. The van der Waals surface area contributed by atoms with Crippen molar-refractivity contribution in [3.05, 3.63) is 35.4 Å². The molecule has 0 aromatic heterocycles. The Morgan fingerprint density at radius 1 is 1.47 bits per heavy atom. The normalized spacial score (nSPS) is 17.1. The summed E-state index contributed by atoms with van der Waals surface area (Å²) in [5.74, 6) is 0. The Morgan fingerprint density at radius 2 is 2.21 bits per heavy atom. The van der Waals surface area contributed by atoms with Crippen LogP contribution in [0.15, 0.2) is 24.3 Å². The second kappa shape index (κ2) is 6.54. The van der Waals surface area contributed by atoms with Crippen molar-refractivity contribution in [1.29, 1.82) is 0 Å². The first-order valence-corrected chi connectivity index (χ1v) is 6.52. The van der Waals surface area contributed by atoms with Gasteiger partial charge in [-0.25, -0.2) is 4.79 Å². The number of aryl methyl sites for hydroxylation is 1. The van der Waals surface area contributed by atoms with Crippen LogP contribution >= 0.6 is 0 Å². The maximum Gasteiger partial charge on any atom is 0.317 e. The van der Waals surface area contributed by atoms with E-state index in [1.165, 1.54) is 0 Å². The molecule has 0 bridgehead atoms. The van der Waals surface area contributed by atoms with Crippen LogP contribution in [-0.2, 0) is 4.74 Å². The van der Waals surface area contributed by atoms with E-state index in [2.05, 4.69) is 5.32 Å². The molecule has 1 heterocycles. The van der Waals surface area contributed by atoms with E-state index >= 15 is 0 Å². The minimum atomic E-state index is -0.676. The number of aliphatic hydroxyl groups excluding tert-OH is 1. The molecule has 0 radical (unpaired) electrons. The number of morpholine rings is 1. The molecule has 1 aromatic rings. The Labute approximate surface area is 113 Å². The zero-order valence-corrected chi connectivity index (χ0v) is 11.1. The van der Waals surface area contributed by atoms with Crippen LogP contribution in [0.2, 0.25) is 0 Å². The molecule has 2 N–H and O–H groups in total. The molecule has 1 aliphatic heterocycles. The third kappa shape index (κ3) is 3.94. The Morgan fingerprint density at radius 3 is 2.89 bits per heavy atom. The van der Waals surface area contributed by atoms with Gasteiger partial charge in [0.15, 0.2) is 0 Å². The van der Waals surface area contributed by atoms with Gasteiger partial charge in [0.25, 0.3) is 0 Å². The summed E-state index contributed by atoms with van der Waals surface area (Å²) < 4.78 is 5.19. The van der Waals surface area contributed by atoms with Gasteiger partial charge in [0.2, 0.25) is 0 Å². The number of nitrogens with one attached hydrogen (secondary N) is 1. The molecule has 1 aliphatic rings. The molecule has 1 fully saturated rings. The van der Waals surface area contributed by atoms with E-state index in [0.717, 1.165) is 11.1 Å². The number of rotatable bonds is 3. The highest BCUT2D eigenvalue weighted by Crippen LogP contribution is 2.13. The summed E-state index contributed by atoms with van der Waals surface area (Å²) in [6.07, 6.45) is -0.676. The van der Waals surface area contributed by atoms with Crippen molar-refractivity contribution in [3.8, 4) is 0 Å². The van der Waals surface area contributed by atoms with Gasteiger partial charge in [0.05, 0.1) is 19.3 Å². The third-order valence-electron chi connectivity index (χ3n) is 3.17. The predicted molar refractivity (Wildman–Crippen MR) is 71.9 cm³/mol. The van der Waals surface area contributed by atoms with Gasteiger partial charge in [0.1, 0.15) is 0 Å². The van der Waals surface area contributed by atoms with Crippen LogP contribution in [0.4, 0.5) is 4.79 Å². The van der Waals surface area contributed by atoms with E-state index < -0.39 is 6.10 Å². The second-order valence-corrected chi connectivity index (χ2v) is 4.72. The SMILES string of the molecule is Cc1cccc(C(O)CNC(=O)N2CCOCC2)c1. The van der Waals surface area contributed by atoms with Crippen molar-refractivity contribution in [2.75, 3.05) is 32.8 Å². The standard InChI is InChI=1S/C14H20N2O3/c1-11-3-2-4-12(9-11)13(17)10-15-14(18)16-5-7-19-8-6-16/h2-4,9,13,17H,5-8,10H2,1H3,(H,15,18). The highest BCUT2D eigenvalue weighted by molar-refractivity contribution is 5.74. The lowest BCUT2D eigenvalue weighted by Crippen LogP contribution is -2.47. The zero-order valence-electron chi connectivity index (χ0n) is 11.1. The van der Waals surface area contributed by atoms with Gasteiger partial charge in [-0.05, 0) is 12.5 Å². The van der Waals surface area contributed by atoms with Gasteiger partial charge in [-0.2, -0.15) is 0 Å². The number of ether oxygens (including phenoxy) is 1. The number of amides is 2. The molecule has 104 valence electrons. The number of hydrogen-bond donors (Lipinski definition) is 2. The van der Waals surface area contributed by atoms with E-state index in [4.69, 9.17) is 4.74 Å². The lowest BCUT2D eigenvalue weighted by atomic mass is 10.1. The Bertz CT molecular complexity index is 430. The quantitative estimate of drug-likeness (QED) is 0.858. The zero-order chi connectivity index (χ0) is 13.7. The second-order valence-electron chi connectivity index (χ2n) is 4.72. The monoisotopic (exact) mass is 264 g/mol.